The second-order valence-electron chi connectivity index (χ2n) is 8.24. The molecule has 8 heteroatoms. The Kier molecular flexibility index (Phi) is 10.1. The average Bonchev–Trinajstić information content (AvgIpc) is 2.85. The molecule has 3 rings (SSSR count). The van der Waals surface area contributed by atoms with Crippen molar-refractivity contribution in [2.75, 3.05) is 32.6 Å². The second kappa shape index (κ2) is 13.5. The van der Waals surface area contributed by atoms with Gasteiger partial charge in [0.2, 0.25) is 11.8 Å². The van der Waals surface area contributed by atoms with E-state index in [1.807, 2.05) is 49.3 Å². The second-order valence-corrected chi connectivity index (χ2v) is 8.68. The lowest BCUT2D eigenvalue weighted by molar-refractivity contribution is -0.128. The normalized spacial score (nSPS) is 11.7. The molecular weight excluding hydrogens is 466 g/mol. The summed E-state index contributed by atoms with van der Waals surface area (Å²) in [6, 6.07) is 22.8. The van der Waals surface area contributed by atoms with Crippen LogP contribution in [0.25, 0.3) is 0 Å². The van der Waals surface area contributed by atoms with Crippen molar-refractivity contribution in [3.05, 3.63) is 89.4 Å². The SMILES string of the molecule is CN(C)CCC(=O)N[C@@H](COCc1ccccc1)C(=O)Nc1ccc(Oc2ccc(Cl)cc2)cc1. The Labute approximate surface area is 211 Å². The zero-order chi connectivity index (χ0) is 25.0. The van der Waals surface area contributed by atoms with Crippen molar-refractivity contribution in [2.24, 2.45) is 0 Å². The highest BCUT2D eigenvalue weighted by Gasteiger charge is 2.21. The van der Waals surface area contributed by atoms with Gasteiger partial charge in [0, 0.05) is 23.7 Å². The molecule has 3 aromatic rings. The molecule has 1 atom stereocenters. The third-order valence-corrected chi connectivity index (χ3v) is 5.26. The van der Waals surface area contributed by atoms with E-state index in [1.54, 1.807) is 48.5 Å². The summed E-state index contributed by atoms with van der Waals surface area (Å²) in [7, 11) is 3.78. The maximum atomic E-state index is 13.0. The fourth-order valence-corrected chi connectivity index (χ4v) is 3.24. The molecule has 35 heavy (non-hydrogen) atoms. The maximum absolute atomic E-state index is 13.0. The molecule has 7 nitrogen and oxygen atoms in total. The molecule has 0 unspecified atom stereocenters. The number of nitrogens with zero attached hydrogens (tertiary/aromatic N) is 1. The van der Waals surface area contributed by atoms with E-state index in [9.17, 15) is 9.59 Å². The Morgan fingerprint density at radius 1 is 0.914 bits per heavy atom. The lowest BCUT2D eigenvalue weighted by Crippen LogP contribution is -2.47. The summed E-state index contributed by atoms with van der Waals surface area (Å²) in [5.74, 6) is 0.698. The first-order valence-electron chi connectivity index (χ1n) is 11.3. The highest BCUT2D eigenvalue weighted by Crippen LogP contribution is 2.24. The highest BCUT2D eigenvalue weighted by atomic mass is 35.5. The molecule has 0 aliphatic heterocycles. The van der Waals surface area contributed by atoms with Crippen molar-refractivity contribution in [1.29, 1.82) is 0 Å². The summed E-state index contributed by atoms with van der Waals surface area (Å²) in [6.45, 7) is 0.973. The first-order chi connectivity index (χ1) is 16.9. The molecule has 0 saturated carbocycles. The lowest BCUT2D eigenvalue weighted by atomic mass is 10.2. The first kappa shape index (κ1) is 26.2. The number of nitrogens with one attached hydrogen (secondary N) is 2. The Balaban J connectivity index is 1.59. The molecule has 0 aliphatic rings. The van der Waals surface area contributed by atoms with E-state index < -0.39 is 6.04 Å². The number of rotatable bonds is 12. The number of ether oxygens (including phenoxy) is 2. The summed E-state index contributed by atoms with van der Waals surface area (Å²) in [4.78, 5) is 27.3. The Hall–Kier alpha value is -3.39. The van der Waals surface area contributed by atoms with Crippen LogP contribution >= 0.6 is 11.6 Å². The van der Waals surface area contributed by atoms with Crippen LogP contribution in [0, 0.1) is 0 Å². The van der Waals surface area contributed by atoms with E-state index in [1.165, 1.54) is 0 Å². The molecular formula is C27H30ClN3O4. The van der Waals surface area contributed by atoms with Gasteiger partial charge in [-0.2, -0.15) is 0 Å². The fraction of sp³-hybridized carbons (Fsp3) is 0.259. The molecule has 2 amide bonds. The minimum atomic E-state index is -0.835. The number of amides is 2. The molecule has 0 fully saturated rings. The van der Waals surface area contributed by atoms with Crippen LogP contribution in [-0.2, 0) is 20.9 Å². The molecule has 2 N–H and O–H groups in total. The van der Waals surface area contributed by atoms with Crippen molar-refractivity contribution < 1.29 is 19.1 Å². The van der Waals surface area contributed by atoms with Crippen LogP contribution in [-0.4, -0.2) is 50.0 Å². The Morgan fingerprint density at radius 3 is 2.17 bits per heavy atom. The summed E-state index contributed by atoms with van der Waals surface area (Å²) in [5.41, 5.74) is 1.57. The van der Waals surface area contributed by atoms with E-state index in [-0.39, 0.29) is 24.8 Å². The molecule has 184 valence electrons. The monoisotopic (exact) mass is 495 g/mol. The number of hydrogen-bond donors (Lipinski definition) is 2. The zero-order valence-electron chi connectivity index (χ0n) is 19.9. The van der Waals surface area contributed by atoms with Crippen molar-refractivity contribution >= 4 is 29.1 Å². The average molecular weight is 496 g/mol. The molecule has 0 bridgehead atoms. The van der Waals surface area contributed by atoms with Gasteiger partial charge in [-0.25, -0.2) is 0 Å². The van der Waals surface area contributed by atoms with Gasteiger partial charge in [0.15, 0.2) is 0 Å². The molecule has 0 radical (unpaired) electrons. The number of carbonyl (C=O) groups excluding carboxylic acids is 2. The molecule has 0 aliphatic carbocycles. The predicted molar refractivity (Wildman–Crippen MR) is 138 cm³/mol. The zero-order valence-corrected chi connectivity index (χ0v) is 20.6. The highest BCUT2D eigenvalue weighted by molar-refractivity contribution is 6.30. The van der Waals surface area contributed by atoms with Gasteiger partial charge in [0.1, 0.15) is 17.5 Å². The van der Waals surface area contributed by atoms with E-state index >= 15 is 0 Å². The minimum Gasteiger partial charge on any atom is -0.457 e. The molecule has 0 aromatic heterocycles. The third kappa shape index (κ3) is 9.41. The van der Waals surface area contributed by atoms with Gasteiger partial charge in [-0.05, 0) is 68.2 Å². The molecule has 3 aromatic carbocycles. The van der Waals surface area contributed by atoms with Crippen molar-refractivity contribution in [1.82, 2.24) is 10.2 Å². The summed E-state index contributed by atoms with van der Waals surface area (Å²) in [5, 5.41) is 6.26. The van der Waals surface area contributed by atoms with Crippen molar-refractivity contribution in [2.45, 2.75) is 19.1 Å². The van der Waals surface area contributed by atoms with Gasteiger partial charge in [-0.15, -0.1) is 0 Å². The smallest absolute Gasteiger partial charge is 0.249 e. The Morgan fingerprint density at radius 2 is 1.54 bits per heavy atom. The third-order valence-electron chi connectivity index (χ3n) is 5.01. The fourth-order valence-electron chi connectivity index (χ4n) is 3.12. The number of benzene rings is 3. The number of halogens is 1. The van der Waals surface area contributed by atoms with Gasteiger partial charge in [-0.3, -0.25) is 9.59 Å². The maximum Gasteiger partial charge on any atom is 0.249 e. The first-order valence-corrected chi connectivity index (χ1v) is 11.7. The standard InChI is InChI=1S/C27H30ClN3O4/c1-31(2)17-16-26(32)30-25(19-34-18-20-6-4-3-5-7-20)27(33)29-22-10-14-24(15-11-22)35-23-12-8-21(28)9-13-23/h3-15,25H,16-19H2,1-2H3,(H,29,33)(H,30,32)/t25-/m0/s1. The summed E-state index contributed by atoms with van der Waals surface area (Å²) in [6.07, 6.45) is 0.284. The van der Waals surface area contributed by atoms with Gasteiger partial charge in [-0.1, -0.05) is 41.9 Å². The molecule has 0 heterocycles. The summed E-state index contributed by atoms with van der Waals surface area (Å²) < 4.78 is 11.5. The van der Waals surface area contributed by atoms with Crippen LogP contribution in [0.2, 0.25) is 5.02 Å². The predicted octanol–water partition coefficient (Wildman–Crippen LogP) is 4.72. The van der Waals surface area contributed by atoms with Crippen molar-refractivity contribution in [3.63, 3.8) is 0 Å². The van der Waals surface area contributed by atoms with E-state index in [2.05, 4.69) is 10.6 Å². The van der Waals surface area contributed by atoms with Crippen LogP contribution in [0.4, 0.5) is 5.69 Å². The van der Waals surface area contributed by atoms with Gasteiger partial charge < -0.3 is 25.0 Å². The number of hydrogen-bond acceptors (Lipinski definition) is 5. The largest absolute Gasteiger partial charge is 0.457 e. The van der Waals surface area contributed by atoms with Crippen LogP contribution < -0.4 is 15.4 Å². The quantitative estimate of drug-likeness (QED) is 0.380. The van der Waals surface area contributed by atoms with Crippen LogP contribution in [0.5, 0.6) is 11.5 Å². The van der Waals surface area contributed by atoms with Crippen molar-refractivity contribution in [3.8, 4) is 11.5 Å². The minimum absolute atomic E-state index is 0.0478. The van der Waals surface area contributed by atoms with E-state index in [0.29, 0.717) is 35.4 Å². The van der Waals surface area contributed by atoms with Gasteiger partial charge >= 0.3 is 0 Å². The summed E-state index contributed by atoms with van der Waals surface area (Å²) >= 11 is 5.90. The lowest BCUT2D eigenvalue weighted by Gasteiger charge is -2.19. The van der Waals surface area contributed by atoms with Crippen LogP contribution in [0.15, 0.2) is 78.9 Å². The van der Waals surface area contributed by atoms with E-state index in [4.69, 9.17) is 21.1 Å². The number of carbonyl (C=O) groups is 2. The molecule has 0 spiro atoms. The van der Waals surface area contributed by atoms with Gasteiger partial charge in [0.05, 0.1) is 13.2 Å². The van der Waals surface area contributed by atoms with Crippen LogP contribution in [0.1, 0.15) is 12.0 Å². The topological polar surface area (TPSA) is 79.9 Å². The van der Waals surface area contributed by atoms with Crippen LogP contribution in [0.3, 0.4) is 0 Å². The number of anilines is 1. The Bertz CT molecular complexity index is 1070. The molecule has 0 saturated heterocycles. The van der Waals surface area contributed by atoms with E-state index in [0.717, 1.165) is 5.56 Å². The van der Waals surface area contributed by atoms with Gasteiger partial charge in [0.25, 0.3) is 0 Å².